The van der Waals surface area contributed by atoms with E-state index in [2.05, 4.69) is 11.1 Å². The van der Waals surface area contributed by atoms with Gasteiger partial charge >= 0.3 is 0 Å². The van der Waals surface area contributed by atoms with Crippen LogP contribution < -0.4 is 0 Å². The highest BCUT2D eigenvalue weighted by atomic mass is 32.1. The van der Waals surface area contributed by atoms with E-state index in [4.69, 9.17) is 5.26 Å². The number of nitriles is 1. The van der Waals surface area contributed by atoms with E-state index in [1.807, 2.05) is 12.4 Å². The first-order valence-electron chi connectivity index (χ1n) is 3.10. The average Bonchev–Trinajstić information content (AvgIpc) is 2.31. The maximum Gasteiger partial charge on any atom is 0.0797 e. The van der Waals surface area contributed by atoms with Crippen molar-refractivity contribution < 1.29 is 0 Å². The summed E-state index contributed by atoms with van der Waals surface area (Å²) in [6.07, 6.45) is 1.45. The second-order valence-corrected chi connectivity index (χ2v) is 2.96. The van der Waals surface area contributed by atoms with Gasteiger partial charge in [0.1, 0.15) is 0 Å². The minimum Gasteiger partial charge on any atom is -0.250 e. The first-order valence-corrected chi connectivity index (χ1v) is 3.98. The van der Waals surface area contributed by atoms with Crippen LogP contribution in [0.15, 0.2) is 5.51 Å². The van der Waals surface area contributed by atoms with Crippen molar-refractivity contribution in [2.45, 2.75) is 19.8 Å². The average molecular weight is 152 g/mol. The Labute approximate surface area is 64.1 Å². The fourth-order valence-electron chi connectivity index (χ4n) is 0.736. The van der Waals surface area contributed by atoms with E-state index in [0.717, 1.165) is 12.1 Å². The maximum atomic E-state index is 8.29. The zero-order valence-electron chi connectivity index (χ0n) is 5.79. The number of rotatable bonds is 2. The van der Waals surface area contributed by atoms with Crippen LogP contribution in [0.4, 0.5) is 0 Å². The van der Waals surface area contributed by atoms with Crippen LogP contribution in [-0.2, 0) is 6.42 Å². The lowest BCUT2D eigenvalue weighted by atomic mass is 10.2. The van der Waals surface area contributed by atoms with Crippen molar-refractivity contribution >= 4 is 11.3 Å². The highest BCUT2D eigenvalue weighted by Gasteiger charge is 1.98. The van der Waals surface area contributed by atoms with Gasteiger partial charge in [0.25, 0.3) is 0 Å². The van der Waals surface area contributed by atoms with Gasteiger partial charge in [-0.15, -0.1) is 11.3 Å². The topological polar surface area (TPSA) is 36.7 Å². The van der Waals surface area contributed by atoms with Gasteiger partial charge in [-0.25, -0.2) is 4.98 Å². The van der Waals surface area contributed by atoms with Gasteiger partial charge in [-0.2, -0.15) is 5.26 Å². The monoisotopic (exact) mass is 152 g/mol. The molecule has 0 aliphatic carbocycles. The Hall–Kier alpha value is -0.880. The number of nitrogens with zero attached hydrogens (tertiary/aromatic N) is 2. The van der Waals surface area contributed by atoms with E-state index in [9.17, 15) is 0 Å². The van der Waals surface area contributed by atoms with Gasteiger partial charge in [0.2, 0.25) is 0 Å². The molecule has 1 aromatic heterocycles. The number of thiazole rings is 1. The molecule has 1 rings (SSSR count). The summed E-state index contributed by atoms with van der Waals surface area (Å²) in [5.41, 5.74) is 2.89. The summed E-state index contributed by atoms with van der Waals surface area (Å²) >= 11 is 1.63. The van der Waals surface area contributed by atoms with Gasteiger partial charge in [-0.1, -0.05) is 0 Å². The molecule has 0 fully saturated rings. The van der Waals surface area contributed by atoms with Gasteiger partial charge in [0, 0.05) is 11.3 Å². The first-order chi connectivity index (χ1) is 4.84. The van der Waals surface area contributed by atoms with E-state index in [1.165, 1.54) is 4.88 Å². The summed E-state index contributed by atoms with van der Waals surface area (Å²) in [6.45, 7) is 1.98. The lowest BCUT2D eigenvalue weighted by molar-refractivity contribution is 1.01. The summed E-state index contributed by atoms with van der Waals surface area (Å²) in [5, 5.41) is 8.29. The lowest BCUT2D eigenvalue weighted by Crippen LogP contribution is -1.81. The summed E-state index contributed by atoms with van der Waals surface area (Å²) < 4.78 is 0. The number of hydrogen-bond acceptors (Lipinski definition) is 3. The minimum absolute atomic E-state index is 0.600. The largest absolute Gasteiger partial charge is 0.250 e. The van der Waals surface area contributed by atoms with E-state index in [1.54, 1.807) is 11.3 Å². The second-order valence-electron chi connectivity index (χ2n) is 2.02. The summed E-state index contributed by atoms with van der Waals surface area (Å²) in [7, 11) is 0. The molecule has 0 amide bonds. The molecule has 3 heteroatoms. The van der Waals surface area contributed by atoms with Gasteiger partial charge in [0.15, 0.2) is 0 Å². The third-order valence-corrected chi connectivity index (χ3v) is 2.30. The Morgan fingerprint density at radius 2 is 2.60 bits per heavy atom. The molecule has 1 aromatic rings. The molecular formula is C7H8N2S. The number of aromatic nitrogens is 1. The van der Waals surface area contributed by atoms with Crippen LogP contribution in [0.2, 0.25) is 0 Å². The molecule has 0 aliphatic heterocycles. The Morgan fingerprint density at radius 1 is 1.80 bits per heavy atom. The zero-order valence-corrected chi connectivity index (χ0v) is 6.61. The fourth-order valence-corrected chi connectivity index (χ4v) is 1.52. The normalized spacial score (nSPS) is 9.20. The van der Waals surface area contributed by atoms with Crippen LogP contribution in [0.3, 0.4) is 0 Å². The molecule has 2 nitrogen and oxygen atoms in total. The van der Waals surface area contributed by atoms with E-state index in [-0.39, 0.29) is 0 Å². The van der Waals surface area contributed by atoms with Crippen LogP contribution in [0.25, 0.3) is 0 Å². The van der Waals surface area contributed by atoms with Crippen LogP contribution in [0, 0.1) is 18.3 Å². The lowest BCUT2D eigenvalue weighted by Gasteiger charge is -1.89. The molecule has 0 aliphatic rings. The predicted octanol–water partition coefficient (Wildman–Crippen LogP) is 1.91. The molecule has 0 atom stereocenters. The van der Waals surface area contributed by atoms with Crippen molar-refractivity contribution in [1.82, 2.24) is 4.98 Å². The molecule has 0 N–H and O–H groups in total. The molecule has 10 heavy (non-hydrogen) atoms. The molecule has 0 saturated carbocycles. The number of hydrogen-bond donors (Lipinski definition) is 0. The predicted molar refractivity (Wildman–Crippen MR) is 40.8 cm³/mol. The molecule has 0 radical (unpaired) electrons. The Bertz CT molecular complexity index is 246. The third kappa shape index (κ3) is 1.55. The van der Waals surface area contributed by atoms with Gasteiger partial charge in [-0.05, 0) is 13.3 Å². The molecule has 1 heterocycles. The zero-order chi connectivity index (χ0) is 7.40. The van der Waals surface area contributed by atoms with Crippen LogP contribution in [-0.4, -0.2) is 4.98 Å². The highest BCUT2D eigenvalue weighted by molar-refractivity contribution is 7.09. The summed E-state index contributed by atoms with van der Waals surface area (Å²) in [5.74, 6) is 0. The molecule has 0 spiro atoms. The Kier molecular flexibility index (Phi) is 2.41. The maximum absolute atomic E-state index is 8.29. The van der Waals surface area contributed by atoms with Crippen LogP contribution in [0.5, 0.6) is 0 Å². The summed E-state index contributed by atoms with van der Waals surface area (Å²) in [4.78, 5) is 5.32. The van der Waals surface area contributed by atoms with Crippen molar-refractivity contribution in [3.05, 3.63) is 16.1 Å². The smallest absolute Gasteiger partial charge is 0.0797 e. The minimum atomic E-state index is 0.600. The van der Waals surface area contributed by atoms with Gasteiger partial charge in [-0.3, -0.25) is 0 Å². The Balaban J connectivity index is 2.59. The highest BCUT2D eigenvalue weighted by Crippen LogP contribution is 2.13. The molecular weight excluding hydrogens is 144 g/mol. The molecule has 52 valence electrons. The van der Waals surface area contributed by atoms with Crippen LogP contribution >= 0.6 is 11.3 Å². The van der Waals surface area contributed by atoms with Crippen LogP contribution in [0.1, 0.15) is 17.0 Å². The molecule has 0 bridgehead atoms. The van der Waals surface area contributed by atoms with Crippen molar-refractivity contribution in [3.8, 4) is 6.07 Å². The standard InChI is InChI=1S/C7H8N2S/c1-6-7(3-2-4-8)10-5-9-6/h5H,2-3H2,1H3. The summed E-state index contributed by atoms with van der Waals surface area (Å²) in [6, 6.07) is 2.11. The molecule has 0 unspecified atom stereocenters. The van der Waals surface area contributed by atoms with Crippen molar-refractivity contribution in [1.29, 1.82) is 5.26 Å². The fraction of sp³-hybridized carbons (Fsp3) is 0.429. The third-order valence-electron chi connectivity index (χ3n) is 1.31. The van der Waals surface area contributed by atoms with Crippen molar-refractivity contribution in [2.24, 2.45) is 0 Å². The first kappa shape index (κ1) is 7.23. The quantitative estimate of drug-likeness (QED) is 0.649. The molecule has 0 saturated heterocycles. The van der Waals surface area contributed by atoms with E-state index >= 15 is 0 Å². The van der Waals surface area contributed by atoms with E-state index in [0.29, 0.717) is 6.42 Å². The van der Waals surface area contributed by atoms with Gasteiger partial charge < -0.3 is 0 Å². The van der Waals surface area contributed by atoms with E-state index < -0.39 is 0 Å². The molecule has 0 aromatic carbocycles. The van der Waals surface area contributed by atoms with Crippen molar-refractivity contribution in [3.63, 3.8) is 0 Å². The number of aryl methyl sites for hydroxylation is 2. The second kappa shape index (κ2) is 3.33. The van der Waals surface area contributed by atoms with Crippen molar-refractivity contribution in [2.75, 3.05) is 0 Å². The Morgan fingerprint density at radius 3 is 3.10 bits per heavy atom. The SMILES string of the molecule is Cc1ncsc1CCC#N. The van der Waals surface area contributed by atoms with Gasteiger partial charge in [0.05, 0.1) is 17.3 Å².